The summed E-state index contributed by atoms with van der Waals surface area (Å²) in [6.45, 7) is 0. The summed E-state index contributed by atoms with van der Waals surface area (Å²) in [6, 6.07) is 5.44. The number of carbonyl (C=O) groups is 2. The van der Waals surface area contributed by atoms with Gasteiger partial charge in [0.05, 0.1) is 10.6 Å². The lowest BCUT2D eigenvalue weighted by molar-refractivity contribution is -0.120. The SMILES string of the molecule is NS(=O)(=O)c1ccc(N2C(=O)C3=C(CCCC3)C2=O)cc1. The molecule has 2 N–H and O–H groups in total. The van der Waals surface area contributed by atoms with Crippen LogP contribution in [-0.4, -0.2) is 20.2 Å². The third-order valence-corrected chi connectivity index (χ3v) is 4.74. The molecule has 1 heterocycles. The molecule has 1 aliphatic heterocycles. The third-order valence-electron chi connectivity index (χ3n) is 3.81. The molecule has 3 rings (SSSR count). The number of anilines is 1. The highest BCUT2D eigenvalue weighted by molar-refractivity contribution is 7.89. The van der Waals surface area contributed by atoms with E-state index < -0.39 is 10.0 Å². The predicted molar refractivity (Wildman–Crippen MR) is 75.8 cm³/mol. The van der Waals surface area contributed by atoms with Crippen molar-refractivity contribution in [2.75, 3.05) is 4.90 Å². The van der Waals surface area contributed by atoms with Crippen molar-refractivity contribution in [3.8, 4) is 0 Å². The summed E-state index contributed by atoms with van der Waals surface area (Å²) in [4.78, 5) is 25.7. The van der Waals surface area contributed by atoms with Crippen LogP contribution in [0.4, 0.5) is 5.69 Å². The van der Waals surface area contributed by atoms with Crippen molar-refractivity contribution in [2.24, 2.45) is 5.14 Å². The summed E-state index contributed by atoms with van der Waals surface area (Å²) in [6.07, 6.45) is 3.09. The lowest BCUT2D eigenvalue weighted by atomic mass is 9.93. The number of imide groups is 1. The fraction of sp³-hybridized carbons (Fsp3) is 0.286. The number of sulfonamides is 1. The molecule has 0 unspecified atom stereocenters. The van der Waals surface area contributed by atoms with Crippen LogP contribution in [0.5, 0.6) is 0 Å². The van der Waals surface area contributed by atoms with Crippen molar-refractivity contribution in [3.05, 3.63) is 35.4 Å². The topological polar surface area (TPSA) is 97.5 Å². The zero-order chi connectivity index (χ0) is 15.2. The largest absolute Gasteiger partial charge is 0.269 e. The van der Waals surface area contributed by atoms with Crippen LogP contribution in [0.2, 0.25) is 0 Å². The minimum absolute atomic E-state index is 0.0527. The normalized spacial score (nSPS) is 19.2. The van der Waals surface area contributed by atoms with E-state index in [0.29, 0.717) is 29.7 Å². The standard InChI is InChI=1S/C14H14N2O4S/c15-21(19,20)10-7-5-9(6-8-10)16-13(17)11-3-1-2-4-12(11)14(16)18/h5-8H,1-4H2,(H2,15,19,20). The second-order valence-electron chi connectivity index (χ2n) is 5.15. The maximum atomic E-state index is 12.3. The van der Waals surface area contributed by atoms with Crippen molar-refractivity contribution in [2.45, 2.75) is 30.6 Å². The first-order chi connectivity index (χ1) is 9.89. The Morgan fingerprint density at radius 2 is 1.38 bits per heavy atom. The second kappa shape index (κ2) is 4.78. The molecule has 1 aromatic carbocycles. The lowest BCUT2D eigenvalue weighted by Gasteiger charge is -2.15. The number of hydrogen-bond acceptors (Lipinski definition) is 4. The molecular formula is C14H14N2O4S. The molecule has 0 bridgehead atoms. The van der Waals surface area contributed by atoms with E-state index in [1.54, 1.807) is 0 Å². The highest BCUT2D eigenvalue weighted by Crippen LogP contribution is 2.35. The van der Waals surface area contributed by atoms with Crippen molar-refractivity contribution < 1.29 is 18.0 Å². The quantitative estimate of drug-likeness (QED) is 0.827. The van der Waals surface area contributed by atoms with E-state index in [2.05, 4.69) is 0 Å². The van der Waals surface area contributed by atoms with Crippen molar-refractivity contribution in [1.82, 2.24) is 0 Å². The van der Waals surface area contributed by atoms with Gasteiger partial charge in [0, 0.05) is 11.1 Å². The molecule has 0 saturated carbocycles. The minimum atomic E-state index is -3.79. The van der Waals surface area contributed by atoms with E-state index in [0.717, 1.165) is 17.7 Å². The third kappa shape index (κ3) is 2.28. The fourth-order valence-electron chi connectivity index (χ4n) is 2.76. The number of amides is 2. The maximum absolute atomic E-state index is 12.3. The molecule has 110 valence electrons. The molecule has 2 amide bonds. The Labute approximate surface area is 122 Å². The summed E-state index contributed by atoms with van der Waals surface area (Å²) in [7, 11) is -3.79. The zero-order valence-electron chi connectivity index (χ0n) is 11.2. The van der Waals surface area contributed by atoms with Crippen LogP contribution in [-0.2, 0) is 19.6 Å². The van der Waals surface area contributed by atoms with Gasteiger partial charge in [-0.2, -0.15) is 0 Å². The average molecular weight is 306 g/mol. The van der Waals surface area contributed by atoms with Crippen LogP contribution in [0, 0.1) is 0 Å². The van der Waals surface area contributed by atoms with Gasteiger partial charge in [0.2, 0.25) is 10.0 Å². The van der Waals surface area contributed by atoms with E-state index in [-0.39, 0.29) is 16.7 Å². The van der Waals surface area contributed by atoms with E-state index in [9.17, 15) is 18.0 Å². The Morgan fingerprint density at radius 3 is 1.81 bits per heavy atom. The first kappa shape index (κ1) is 14.0. The number of rotatable bonds is 2. The molecule has 0 aromatic heterocycles. The summed E-state index contributed by atoms with van der Waals surface area (Å²) in [5.74, 6) is -0.587. The van der Waals surface area contributed by atoms with Gasteiger partial charge in [-0.05, 0) is 49.9 Å². The van der Waals surface area contributed by atoms with Gasteiger partial charge in [-0.25, -0.2) is 18.5 Å². The number of carbonyl (C=O) groups excluding carboxylic acids is 2. The van der Waals surface area contributed by atoms with Gasteiger partial charge in [-0.15, -0.1) is 0 Å². The van der Waals surface area contributed by atoms with Gasteiger partial charge in [0.1, 0.15) is 0 Å². The maximum Gasteiger partial charge on any atom is 0.261 e. The Bertz CT molecular complexity index is 735. The first-order valence-electron chi connectivity index (χ1n) is 6.63. The van der Waals surface area contributed by atoms with E-state index in [1.165, 1.54) is 24.3 Å². The molecule has 0 radical (unpaired) electrons. The number of hydrogen-bond donors (Lipinski definition) is 1. The first-order valence-corrected chi connectivity index (χ1v) is 8.18. The Hall–Kier alpha value is -1.99. The van der Waals surface area contributed by atoms with Crippen molar-refractivity contribution in [1.29, 1.82) is 0 Å². The Morgan fingerprint density at radius 1 is 0.905 bits per heavy atom. The van der Waals surface area contributed by atoms with Crippen LogP contribution >= 0.6 is 0 Å². The molecule has 2 aliphatic rings. The monoisotopic (exact) mass is 306 g/mol. The van der Waals surface area contributed by atoms with Gasteiger partial charge in [-0.1, -0.05) is 0 Å². The molecule has 1 aromatic rings. The second-order valence-corrected chi connectivity index (χ2v) is 6.71. The van der Waals surface area contributed by atoms with Crippen LogP contribution < -0.4 is 10.0 Å². The average Bonchev–Trinajstić information content (AvgIpc) is 2.71. The molecule has 21 heavy (non-hydrogen) atoms. The van der Waals surface area contributed by atoms with Gasteiger partial charge in [-0.3, -0.25) is 9.59 Å². The summed E-state index contributed by atoms with van der Waals surface area (Å²) in [5, 5.41) is 5.03. The number of benzene rings is 1. The zero-order valence-corrected chi connectivity index (χ0v) is 12.0. The van der Waals surface area contributed by atoms with Gasteiger partial charge < -0.3 is 0 Å². The van der Waals surface area contributed by atoms with Crippen LogP contribution in [0.3, 0.4) is 0 Å². The molecule has 0 fully saturated rings. The molecule has 7 heteroatoms. The smallest absolute Gasteiger partial charge is 0.261 e. The Kier molecular flexibility index (Phi) is 3.18. The van der Waals surface area contributed by atoms with Crippen LogP contribution in [0.25, 0.3) is 0 Å². The highest BCUT2D eigenvalue weighted by Gasteiger charge is 2.39. The molecular weight excluding hydrogens is 292 g/mol. The summed E-state index contributed by atoms with van der Waals surface area (Å²) < 4.78 is 22.4. The highest BCUT2D eigenvalue weighted by atomic mass is 32.2. The van der Waals surface area contributed by atoms with Crippen molar-refractivity contribution >= 4 is 27.5 Å². The molecule has 0 spiro atoms. The van der Waals surface area contributed by atoms with Crippen molar-refractivity contribution in [3.63, 3.8) is 0 Å². The fourth-order valence-corrected chi connectivity index (χ4v) is 3.27. The van der Waals surface area contributed by atoms with Gasteiger partial charge in [0.15, 0.2) is 0 Å². The lowest BCUT2D eigenvalue weighted by Crippen LogP contribution is -2.31. The molecule has 0 atom stereocenters. The number of primary sulfonamides is 1. The number of nitrogens with zero attached hydrogens (tertiary/aromatic N) is 1. The molecule has 1 aliphatic carbocycles. The molecule has 6 nitrogen and oxygen atoms in total. The van der Waals surface area contributed by atoms with Gasteiger partial charge >= 0.3 is 0 Å². The Balaban J connectivity index is 1.96. The van der Waals surface area contributed by atoms with Crippen LogP contribution in [0.1, 0.15) is 25.7 Å². The summed E-state index contributed by atoms with van der Waals surface area (Å²) >= 11 is 0. The minimum Gasteiger partial charge on any atom is -0.269 e. The molecule has 0 saturated heterocycles. The van der Waals surface area contributed by atoms with E-state index in [4.69, 9.17) is 5.14 Å². The van der Waals surface area contributed by atoms with E-state index in [1.807, 2.05) is 0 Å². The van der Waals surface area contributed by atoms with Gasteiger partial charge in [0.25, 0.3) is 11.8 Å². The van der Waals surface area contributed by atoms with E-state index >= 15 is 0 Å². The number of nitrogens with two attached hydrogens (primary N) is 1. The predicted octanol–water partition coefficient (Wildman–Crippen LogP) is 1.08. The summed E-state index contributed by atoms with van der Waals surface area (Å²) in [5.41, 5.74) is 1.57. The van der Waals surface area contributed by atoms with Crippen LogP contribution in [0.15, 0.2) is 40.3 Å².